The zero-order valence-electron chi connectivity index (χ0n) is 8.16. The fourth-order valence-electron chi connectivity index (χ4n) is 1.07. The molecule has 2 heterocycles. The van der Waals surface area contributed by atoms with E-state index in [9.17, 15) is 0 Å². The number of hydrogen-bond donors (Lipinski definition) is 1. The largest absolute Gasteiger partial charge is 0.325 e. The highest BCUT2D eigenvalue weighted by molar-refractivity contribution is 6.30. The van der Waals surface area contributed by atoms with Crippen LogP contribution in [0.4, 0.5) is 0 Å². The maximum atomic E-state index is 7.37. The molecule has 0 radical (unpaired) electrons. The minimum absolute atomic E-state index is 0.194. The van der Waals surface area contributed by atoms with Gasteiger partial charge in [0.05, 0.1) is 17.5 Å². The highest BCUT2D eigenvalue weighted by Crippen LogP contribution is 2.14. The molecule has 0 unspecified atom stereocenters. The molecule has 62 valence electrons. The van der Waals surface area contributed by atoms with Gasteiger partial charge in [0.25, 0.3) is 0 Å². The Morgan fingerprint density at radius 2 is 2.58 bits per heavy atom. The minimum atomic E-state index is -1.95. The van der Waals surface area contributed by atoms with Crippen molar-refractivity contribution in [3.8, 4) is 0 Å². The van der Waals surface area contributed by atoms with E-state index in [4.69, 9.17) is 20.1 Å². The lowest BCUT2D eigenvalue weighted by Gasteiger charge is -1.95. The van der Waals surface area contributed by atoms with Gasteiger partial charge in [0.1, 0.15) is 0 Å². The molecule has 0 atom stereocenters. The molecule has 2 rings (SSSR count). The third-order valence-electron chi connectivity index (χ3n) is 1.64. The van der Waals surface area contributed by atoms with E-state index >= 15 is 0 Å². The molecule has 0 saturated carbocycles. The number of pyridine rings is 1. The minimum Gasteiger partial charge on any atom is -0.325 e. The van der Waals surface area contributed by atoms with E-state index in [1.54, 1.807) is 22.7 Å². The summed E-state index contributed by atoms with van der Waals surface area (Å²) in [7, 11) is 0. The van der Waals surface area contributed by atoms with Crippen LogP contribution in [0.25, 0.3) is 5.52 Å². The normalized spacial score (nSPS) is 14.5. The van der Waals surface area contributed by atoms with Crippen LogP contribution in [-0.2, 0) is 6.50 Å². The highest BCUT2D eigenvalue weighted by atomic mass is 35.5. The predicted octanol–water partition coefficient (Wildman–Crippen LogP) is 1.45. The summed E-state index contributed by atoms with van der Waals surface area (Å²) in [6, 6.07) is 3.33. The number of imidazole rings is 1. The molecule has 0 aliphatic carbocycles. The highest BCUT2D eigenvalue weighted by Gasteiger charge is 2.01. The van der Waals surface area contributed by atoms with Crippen LogP contribution in [0.5, 0.6) is 0 Å². The van der Waals surface area contributed by atoms with E-state index in [0.29, 0.717) is 10.5 Å². The Morgan fingerprint density at radius 3 is 3.33 bits per heavy atom. The zero-order valence-corrected chi connectivity index (χ0v) is 6.92. The maximum Gasteiger partial charge on any atom is 0.0996 e. The lowest BCUT2D eigenvalue weighted by molar-refractivity contribution is 1.02. The fraction of sp³-hybridized carbons (Fsp3) is 0.125. The van der Waals surface area contributed by atoms with Crippen molar-refractivity contribution >= 4 is 17.1 Å². The second-order valence-electron chi connectivity index (χ2n) is 2.37. The Hall–Kier alpha value is -1.06. The first-order chi connectivity index (χ1) is 6.48. The van der Waals surface area contributed by atoms with Crippen LogP contribution in [0.3, 0.4) is 0 Å². The van der Waals surface area contributed by atoms with Crippen LogP contribution in [0, 0.1) is 0 Å². The molecule has 0 bridgehead atoms. The number of nitrogens with zero attached hydrogens (tertiary/aromatic N) is 2. The zero-order chi connectivity index (χ0) is 10.3. The summed E-state index contributed by atoms with van der Waals surface area (Å²) in [4.78, 5) is 3.91. The molecular weight excluding hydrogens is 174 g/mol. The van der Waals surface area contributed by atoms with Crippen molar-refractivity contribution in [1.82, 2.24) is 9.38 Å². The molecular formula is C8H8ClN3. The number of aromatic nitrogens is 2. The number of rotatable bonds is 1. The third-order valence-corrected chi connectivity index (χ3v) is 1.87. The number of hydrogen-bond acceptors (Lipinski definition) is 2. The smallest absolute Gasteiger partial charge is 0.0996 e. The molecule has 0 aliphatic heterocycles. The molecule has 12 heavy (non-hydrogen) atoms. The van der Waals surface area contributed by atoms with Crippen molar-refractivity contribution in [2.24, 2.45) is 5.73 Å². The first kappa shape index (κ1) is 5.56. The monoisotopic (exact) mass is 183 g/mol. The van der Waals surface area contributed by atoms with Gasteiger partial charge in [-0.3, -0.25) is 0 Å². The second kappa shape index (κ2) is 2.77. The summed E-state index contributed by atoms with van der Waals surface area (Å²) in [5.74, 6) is 0. The summed E-state index contributed by atoms with van der Waals surface area (Å²) >= 11 is 5.79. The van der Waals surface area contributed by atoms with E-state index in [2.05, 4.69) is 4.98 Å². The van der Waals surface area contributed by atoms with Gasteiger partial charge in [-0.25, -0.2) is 4.98 Å². The van der Waals surface area contributed by atoms with E-state index in [1.807, 2.05) is 0 Å². The molecule has 0 aliphatic rings. The van der Waals surface area contributed by atoms with Crippen LogP contribution >= 0.6 is 11.6 Å². The third kappa shape index (κ3) is 1.07. The van der Waals surface area contributed by atoms with Crippen molar-refractivity contribution in [2.75, 3.05) is 0 Å². The van der Waals surface area contributed by atoms with Gasteiger partial charge in [-0.1, -0.05) is 11.6 Å². The Bertz CT molecular complexity index is 475. The average molecular weight is 184 g/mol. The van der Waals surface area contributed by atoms with Gasteiger partial charge < -0.3 is 10.1 Å². The SMILES string of the molecule is [2H]C([2H])(N)c1ncn2ccc(Cl)cc12. The van der Waals surface area contributed by atoms with Crippen molar-refractivity contribution in [3.63, 3.8) is 0 Å². The summed E-state index contributed by atoms with van der Waals surface area (Å²) in [5, 5.41) is 0.531. The second-order valence-corrected chi connectivity index (χ2v) is 2.81. The van der Waals surface area contributed by atoms with Gasteiger partial charge in [-0.05, 0) is 12.1 Å². The van der Waals surface area contributed by atoms with E-state index in [-0.39, 0.29) is 5.69 Å². The quantitative estimate of drug-likeness (QED) is 0.727. The van der Waals surface area contributed by atoms with E-state index in [0.717, 1.165) is 0 Å². The van der Waals surface area contributed by atoms with Gasteiger partial charge in [-0.15, -0.1) is 0 Å². The topological polar surface area (TPSA) is 43.3 Å². The standard InChI is InChI=1S/C8H8ClN3/c9-6-1-2-12-5-11-7(4-10)8(12)3-6/h1-3,5H,4,10H2/i4D2. The number of fused-ring (bicyclic) bond motifs is 1. The van der Waals surface area contributed by atoms with Crippen molar-refractivity contribution in [1.29, 1.82) is 0 Å². The molecule has 4 heteroatoms. The molecule has 0 fully saturated rings. The predicted molar refractivity (Wildman–Crippen MR) is 48.1 cm³/mol. The van der Waals surface area contributed by atoms with Gasteiger partial charge >= 0.3 is 0 Å². The Morgan fingerprint density at radius 1 is 1.75 bits per heavy atom. The van der Waals surface area contributed by atoms with Crippen LogP contribution in [0.15, 0.2) is 24.7 Å². The van der Waals surface area contributed by atoms with Crippen LogP contribution in [0.2, 0.25) is 5.02 Å². The lowest BCUT2D eigenvalue weighted by Crippen LogP contribution is -1.96. The summed E-state index contributed by atoms with van der Waals surface area (Å²) < 4.78 is 16.4. The van der Waals surface area contributed by atoms with Crippen LogP contribution in [-0.4, -0.2) is 9.38 Å². The summed E-state index contributed by atoms with van der Waals surface area (Å²) in [6.07, 6.45) is 3.21. The summed E-state index contributed by atoms with van der Waals surface area (Å²) in [6.45, 7) is -1.95. The maximum absolute atomic E-state index is 7.37. The van der Waals surface area contributed by atoms with Gasteiger partial charge in [-0.2, -0.15) is 0 Å². The molecule has 0 saturated heterocycles. The van der Waals surface area contributed by atoms with Crippen molar-refractivity contribution in [3.05, 3.63) is 35.4 Å². The molecule has 2 N–H and O–H groups in total. The number of nitrogens with two attached hydrogens (primary N) is 1. The molecule has 0 amide bonds. The van der Waals surface area contributed by atoms with Crippen molar-refractivity contribution in [2.45, 2.75) is 6.50 Å². The van der Waals surface area contributed by atoms with E-state index < -0.39 is 6.50 Å². The van der Waals surface area contributed by atoms with Gasteiger partial charge in [0.2, 0.25) is 0 Å². The fourth-order valence-corrected chi connectivity index (χ4v) is 1.23. The average Bonchev–Trinajstić information content (AvgIpc) is 2.45. The molecule has 0 aromatic carbocycles. The Labute approximate surface area is 77.6 Å². The van der Waals surface area contributed by atoms with Crippen molar-refractivity contribution < 1.29 is 2.74 Å². The van der Waals surface area contributed by atoms with Crippen LogP contribution < -0.4 is 5.73 Å². The first-order valence-corrected chi connectivity index (χ1v) is 3.78. The van der Waals surface area contributed by atoms with E-state index in [1.165, 1.54) is 6.33 Å². The lowest BCUT2D eigenvalue weighted by atomic mass is 10.3. The molecule has 2 aromatic rings. The number of halogens is 1. The molecule has 3 nitrogen and oxygen atoms in total. The summed E-state index contributed by atoms with van der Waals surface area (Å²) in [5.41, 5.74) is 6.11. The van der Waals surface area contributed by atoms with Crippen LogP contribution in [0.1, 0.15) is 8.44 Å². The first-order valence-electron chi connectivity index (χ1n) is 4.40. The Kier molecular flexibility index (Phi) is 1.28. The molecule has 0 spiro atoms. The molecule has 2 aromatic heterocycles. The Balaban J connectivity index is 2.73. The van der Waals surface area contributed by atoms with Gasteiger partial charge in [0, 0.05) is 20.5 Å². The van der Waals surface area contributed by atoms with Gasteiger partial charge in [0.15, 0.2) is 0 Å².